The Morgan fingerprint density at radius 2 is 1.81 bits per heavy atom. The third kappa shape index (κ3) is 3.44. The summed E-state index contributed by atoms with van der Waals surface area (Å²) < 4.78 is 11.0. The molecular formula is C21H23NO4. The zero-order valence-corrected chi connectivity index (χ0v) is 15.3. The molecule has 0 unspecified atom stereocenters. The number of methoxy groups -OCH3 is 1. The molecule has 2 aromatic carbocycles. The standard InChI is InChI=1S/C21H23NO4/c1-4-22(5-2)13-17-18(23)11-10-16-20(24)19(26-21(16)17)12-14-6-8-15(25-3)9-7-14/h6-12,23H,4-5,13H2,1-3H3/b19-12-. The first-order chi connectivity index (χ1) is 12.6. The summed E-state index contributed by atoms with van der Waals surface area (Å²) in [5, 5.41) is 12.4. The van der Waals surface area contributed by atoms with Gasteiger partial charge in [-0.2, -0.15) is 0 Å². The lowest BCUT2D eigenvalue weighted by Crippen LogP contribution is -3.10. The van der Waals surface area contributed by atoms with E-state index in [1.54, 1.807) is 19.3 Å². The number of rotatable bonds is 6. The average molecular weight is 353 g/mol. The Balaban J connectivity index is 1.93. The first-order valence-electron chi connectivity index (χ1n) is 8.82. The summed E-state index contributed by atoms with van der Waals surface area (Å²) in [7, 11) is 1.60. The Hall–Kier alpha value is -2.79. The molecule has 5 heteroatoms. The quantitative estimate of drug-likeness (QED) is 0.805. The van der Waals surface area contributed by atoms with Crippen molar-refractivity contribution in [3.05, 3.63) is 58.8 Å². The molecule has 0 atom stereocenters. The third-order valence-electron chi connectivity index (χ3n) is 4.74. The van der Waals surface area contributed by atoms with E-state index in [-0.39, 0.29) is 17.3 Å². The Morgan fingerprint density at radius 1 is 1.12 bits per heavy atom. The van der Waals surface area contributed by atoms with Gasteiger partial charge in [0.15, 0.2) is 5.76 Å². The van der Waals surface area contributed by atoms with Crippen molar-refractivity contribution < 1.29 is 24.3 Å². The fourth-order valence-corrected chi connectivity index (χ4v) is 3.06. The summed E-state index contributed by atoms with van der Waals surface area (Å²) in [6.45, 7) is 6.52. The zero-order chi connectivity index (χ0) is 18.7. The largest absolute Gasteiger partial charge is 0.872 e. The van der Waals surface area contributed by atoms with Crippen LogP contribution < -0.4 is 19.5 Å². The normalized spacial score (nSPS) is 14.6. The molecule has 3 rings (SSSR count). The Morgan fingerprint density at radius 3 is 2.42 bits per heavy atom. The lowest BCUT2D eigenvalue weighted by Gasteiger charge is -2.21. The number of quaternary nitrogens is 1. The minimum atomic E-state index is -0.188. The molecule has 0 saturated carbocycles. The van der Waals surface area contributed by atoms with E-state index in [4.69, 9.17) is 9.47 Å². The van der Waals surface area contributed by atoms with Gasteiger partial charge in [-0.05, 0) is 43.7 Å². The highest BCUT2D eigenvalue weighted by atomic mass is 16.5. The van der Waals surface area contributed by atoms with Crippen molar-refractivity contribution in [2.45, 2.75) is 20.4 Å². The molecule has 2 aromatic rings. The van der Waals surface area contributed by atoms with Gasteiger partial charge < -0.3 is 19.5 Å². The van der Waals surface area contributed by atoms with Crippen LogP contribution in [0.25, 0.3) is 6.08 Å². The first-order valence-corrected chi connectivity index (χ1v) is 8.82. The van der Waals surface area contributed by atoms with E-state index in [2.05, 4.69) is 13.8 Å². The van der Waals surface area contributed by atoms with E-state index in [0.29, 0.717) is 23.4 Å². The van der Waals surface area contributed by atoms with Crippen molar-refractivity contribution in [1.29, 1.82) is 0 Å². The van der Waals surface area contributed by atoms with Crippen LogP contribution in [0.5, 0.6) is 17.2 Å². The van der Waals surface area contributed by atoms with Crippen LogP contribution in [0.3, 0.4) is 0 Å². The predicted octanol–water partition coefficient (Wildman–Crippen LogP) is 1.81. The molecule has 0 bridgehead atoms. The van der Waals surface area contributed by atoms with Gasteiger partial charge in [0.1, 0.15) is 18.0 Å². The molecule has 1 N–H and O–H groups in total. The molecular weight excluding hydrogens is 330 g/mol. The number of hydrogen-bond acceptors (Lipinski definition) is 4. The molecule has 0 aliphatic carbocycles. The number of Topliss-reactive ketones (excluding diaryl/α,β-unsaturated/α-hetero) is 1. The van der Waals surface area contributed by atoms with Crippen molar-refractivity contribution in [1.82, 2.24) is 0 Å². The second-order valence-corrected chi connectivity index (χ2v) is 6.27. The third-order valence-corrected chi connectivity index (χ3v) is 4.74. The molecule has 0 amide bonds. The number of carbonyl (C=O) groups excluding carboxylic acids is 1. The van der Waals surface area contributed by atoms with Crippen LogP contribution in [0.4, 0.5) is 0 Å². The summed E-state index contributed by atoms with van der Waals surface area (Å²) in [5.41, 5.74) is 1.87. The molecule has 1 aliphatic rings. The summed E-state index contributed by atoms with van der Waals surface area (Å²) in [5.74, 6) is 1.14. The van der Waals surface area contributed by atoms with E-state index in [9.17, 15) is 9.90 Å². The van der Waals surface area contributed by atoms with E-state index in [1.807, 2.05) is 24.3 Å². The monoisotopic (exact) mass is 353 g/mol. The van der Waals surface area contributed by atoms with Crippen LogP contribution in [-0.4, -0.2) is 26.0 Å². The SMILES string of the molecule is CC[NH+](CC)Cc1c([O-])ccc2c1O/C(=C\c1ccc(OC)cc1)C2=O. The second-order valence-electron chi connectivity index (χ2n) is 6.27. The number of carbonyl (C=O) groups is 1. The van der Waals surface area contributed by atoms with Crippen LogP contribution in [-0.2, 0) is 6.54 Å². The molecule has 0 radical (unpaired) electrons. The maximum Gasteiger partial charge on any atom is 0.231 e. The Labute approximate surface area is 153 Å². The van der Waals surface area contributed by atoms with Crippen molar-refractivity contribution in [2.75, 3.05) is 20.2 Å². The highest BCUT2D eigenvalue weighted by molar-refractivity contribution is 6.14. The molecule has 5 nitrogen and oxygen atoms in total. The maximum absolute atomic E-state index is 12.7. The number of hydrogen-bond donors (Lipinski definition) is 1. The Kier molecular flexibility index (Phi) is 5.28. The predicted molar refractivity (Wildman–Crippen MR) is 97.6 cm³/mol. The van der Waals surface area contributed by atoms with Crippen LogP contribution >= 0.6 is 0 Å². The van der Waals surface area contributed by atoms with Crippen LogP contribution in [0.1, 0.15) is 35.3 Å². The Bertz CT molecular complexity index is 836. The van der Waals surface area contributed by atoms with Crippen molar-refractivity contribution in [3.8, 4) is 17.2 Å². The number of ether oxygens (including phenoxy) is 2. The summed E-state index contributed by atoms with van der Waals surface area (Å²) >= 11 is 0. The molecule has 1 heterocycles. The minimum absolute atomic E-state index is 0.0818. The van der Waals surface area contributed by atoms with Gasteiger partial charge in [-0.15, -0.1) is 0 Å². The smallest absolute Gasteiger partial charge is 0.231 e. The first kappa shape index (κ1) is 18.0. The minimum Gasteiger partial charge on any atom is -0.872 e. The fraction of sp³-hybridized carbons (Fsp3) is 0.286. The number of benzene rings is 2. The molecule has 0 aromatic heterocycles. The van der Waals surface area contributed by atoms with E-state index in [1.165, 1.54) is 11.0 Å². The van der Waals surface area contributed by atoms with E-state index < -0.39 is 0 Å². The van der Waals surface area contributed by atoms with Crippen LogP contribution in [0.15, 0.2) is 42.2 Å². The highest BCUT2D eigenvalue weighted by Crippen LogP contribution is 2.38. The van der Waals surface area contributed by atoms with Crippen molar-refractivity contribution >= 4 is 11.9 Å². The van der Waals surface area contributed by atoms with Crippen molar-refractivity contribution in [3.63, 3.8) is 0 Å². The van der Waals surface area contributed by atoms with Gasteiger partial charge in [0, 0.05) is 5.56 Å². The molecule has 0 saturated heterocycles. The molecule has 26 heavy (non-hydrogen) atoms. The number of ketones is 1. The summed E-state index contributed by atoms with van der Waals surface area (Å²) in [4.78, 5) is 13.9. The highest BCUT2D eigenvalue weighted by Gasteiger charge is 2.30. The van der Waals surface area contributed by atoms with Gasteiger partial charge in [-0.3, -0.25) is 4.79 Å². The second kappa shape index (κ2) is 7.62. The van der Waals surface area contributed by atoms with Gasteiger partial charge in [0.2, 0.25) is 5.78 Å². The summed E-state index contributed by atoms with van der Waals surface area (Å²) in [6.07, 6.45) is 1.69. The van der Waals surface area contributed by atoms with E-state index in [0.717, 1.165) is 24.4 Å². The van der Waals surface area contributed by atoms with Gasteiger partial charge in [-0.25, -0.2) is 0 Å². The average Bonchev–Trinajstić information content (AvgIpc) is 2.97. The molecule has 136 valence electrons. The molecule has 1 aliphatic heterocycles. The lowest BCUT2D eigenvalue weighted by atomic mass is 10.0. The van der Waals surface area contributed by atoms with Crippen molar-refractivity contribution in [2.24, 2.45) is 0 Å². The fourth-order valence-electron chi connectivity index (χ4n) is 3.06. The molecule has 0 fully saturated rings. The maximum atomic E-state index is 12.7. The van der Waals surface area contributed by atoms with Gasteiger partial charge in [-0.1, -0.05) is 23.9 Å². The van der Waals surface area contributed by atoms with E-state index >= 15 is 0 Å². The zero-order valence-electron chi connectivity index (χ0n) is 15.3. The number of allylic oxidation sites excluding steroid dienone is 1. The number of nitrogens with one attached hydrogen (secondary N) is 1. The summed E-state index contributed by atoms with van der Waals surface area (Å²) in [6, 6.07) is 10.4. The van der Waals surface area contributed by atoms with Gasteiger partial charge >= 0.3 is 0 Å². The van der Waals surface area contributed by atoms with Crippen LogP contribution in [0.2, 0.25) is 0 Å². The van der Waals surface area contributed by atoms with Gasteiger partial charge in [0.25, 0.3) is 0 Å². The van der Waals surface area contributed by atoms with Gasteiger partial charge in [0.05, 0.1) is 25.8 Å². The topological polar surface area (TPSA) is 63.0 Å². The molecule has 0 spiro atoms. The number of fused-ring (bicyclic) bond motifs is 1. The van der Waals surface area contributed by atoms with Crippen LogP contribution in [0, 0.1) is 0 Å². The lowest BCUT2D eigenvalue weighted by molar-refractivity contribution is -0.910.